The maximum absolute atomic E-state index is 12.8. The average molecular weight is 574 g/mol. The molecule has 3 aromatic rings. The van der Waals surface area contributed by atoms with Crippen molar-refractivity contribution in [1.29, 1.82) is 0 Å². The van der Waals surface area contributed by atoms with Crippen LogP contribution in [-0.4, -0.2) is 68.6 Å². The van der Waals surface area contributed by atoms with Crippen LogP contribution in [0, 0.1) is 0 Å². The maximum atomic E-state index is 12.8. The van der Waals surface area contributed by atoms with Crippen molar-refractivity contribution >= 4 is 35.4 Å². The highest BCUT2D eigenvalue weighted by molar-refractivity contribution is 6.01. The van der Waals surface area contributed by atoms with Crippen molar-refractivity contribution < 1.29 is 28.8 Å². The van der Waals surface area contributed by atoms with Crippen LogP contribution in [0.5, 0.6) is 0 Å². The lowest BCUT2D eigenvalue weighted by molar-refractivity contribution is 0.0933. The number of rotatable bonds is 10. The number of hydrogen-bond acceptors (Lipinski definition) is 7. The van der Waals surface area contributed by atoms with Crippen LogP contribution >= 0.6 is 0 Å². The first kappa shape index (κ1) is 30.9. The van der Waals surface area contributed by atoms with Crippen LogP contribution < -0.4 is 31.9 Å². The lowest BCUT2D eigenvalue weighted by Crippen LogP contribution is -2.28. The number of nitrogens with one attached hydrogen (secondary N) is 6. The molecule has 0 saturated carbocycles. The summed E-state index contributed by atoms with van der Waals surface area (Å²) >= 11 is 0. The van der Waals surface area contributed by atoms with Crippen molar-refractivity contribution in [2.75, 3.05) is 28.2 Å². The van der Waals surface area contributed by atoms with Gasteiger partial charge in [0, 0.05) is 63.5 Å². The number of pyridine rings is 1. The Morgan fingerprint density at radius 2 is 0.810 bits per heavy atom. The zero-order chi connectivity index (χ0) is 30.8. The average Bonchev–Trinajstić information content (AvgIpc) is 3.03. The van der Waals surface area contributed by atoms with Gasteiger partial charge < -0.3 is 31.9 Å². The highest BCUT2D eigenvalue weighted by Crippen LogP contribution is 2.13. The van der Waals surface area contributed by atoms with Crippen molar-refractivity contribution in [3.63, 3.8) is 0 Å². The van der Waals surface area contributed by atoms with Gasteiger partial charge in [0.1, 0.15) is 11.4 Å². The second kappa shape index (κ2) is 14.2. The van der Waals surface area contributed by atoms with Gasteiger partial charge in [-0.25, -0.2) is 4.98 Å². The first-order chi connectivity index (χ1) is 20.1. The third-order valence-corrected chi connectivity index (χ3v) is 6.06. The predicted octanol–water partition coefficient (Wildman–Crippen LogP) is 0.380. The lowest BCUT2D eigenvalue weighted by atomic mass is 10.0. The third kappa shape index (κ3) is 7.75. The van der Waals surface area contributed by atoms with E-state index < -0.39 is 11.8 Å². The number of hydrogen-bond donors (Lipinski definition) is 6. The number of aromatic nitrogens is 1. The van der Waals surface area contributed by atoms with Gasteiger partial charge in [-0.1, -0.05) is 6.07 Å². The summed E-state index contributed by atoms with van der Waals surface area (Å²) in [5, 5.41) is 15.4. The Balaban J connectivity index is 1.72. The lowest BCUT2D eigenvalue weighted by Gasteiger charge is -2.11. The van der Waals surface area contributed by atoms with Gasteiger partial charge in [-0.3, -0.25) is 28.8 Å². The second-order valence-electron chi connectivity index (χ2n) is 8.93. The highest BCUT2D eigenvalue weighted by atomic mass is 16.2. The molecule has 0 radical (unpaired) electrons. The molecule has 13 nitrogen and oxygen atoms in total. The molecule has 218 valence electrons. The number of amides is 6. The maximum Gasteiger partial charge on any atom is 0.270 e. The molecule has 0 saturated heterocycles. The van der Waals surface area contributed by atoms with E-state index in [1.165, 1.54) is 58.5 Å². The summed E-state index contributed by atoms with van der Waals surface area (Å²) in [6.45, 7) is -0.0256. The molecule has 2 aromatic carbocycles. The molecule has 42 heavy (non-hydrogen) atoms. The minimum absolute atomic E-state index is 0.0128. The summed E-state index contributed by atoms with van der Waals surface area (Å²) < 4.78 is 0. The number of carbonyl (C=O) groups is 6. The molecule has 0 aliphatic carbocycles. The van der Waals surface area contributed by atoms with Gasteiger partial charge in [-0.15, -0.1) is 0 Å². The topological polar surface area (TPSA) is 187 Å². The fraction of sp³-hybridized carbons (Fsp3) is 0.207. The van der Waals surface area contributed by atoms with Gasteiger partial charge in [-0.2, -0.15) is 0 Å². The second-order valence-corrected chi connectivity index (χ2v) is 8.93. The number of carbonyl (C=O) groups excluding carboxylic acids is 6. The van der Waals surface area contributed by atoms with Crippen LogP contribution in [0.3, 0.4) is 0 Å². The van der Waals surface area contributed by atoms with Crippen molar-refractivity contribution in [1.82, 2.24) is 36.9 Å². The van der Waals surface area contributed by atoms with E-state index in [1.807, 2.05) is 0 Å². The van der Waals surface area contributed by atoms with E-state index in [-0.39, 0.29) is 70.4 Å². The van der Waals surface area contributed by atoms with Crippen molar-refractivity contribution in [2.45, 2.75) is 13.1 Å². The Morgan fingerprint density at radius 1 is 0.500 bits per heavy atom. The Labute approximate surface area is 241 Å². The van der Waals surface area contributed by atoms with E-state index in [4.69, 9.17) is 0 Å². The first-order valence-electron chi connectivity index (χ1n) is 12.8. The molecule has 3 rings (SSSR count). The molecule has 6 N–H and O–H groups in total. The quantitative estimate of drug-likeness (QED) is 0.202. The van der Waals surface area contributed by atoms with Crippen LogP contribution in [-0.2, 0) is 13.1 Å². The Hall–Kier alpha value is -5.59. The molecule has 1 aromatic heterocycles. The molecule has 0 spiro atoms. The number of nitrogens with zero attached hydrogens (tertiary/aromatic N) is 1. The number of benzene rings is 2. The zero-order valence-corrected chi connectivity index (χ0v) is 23.5. The van der Waals surface area contributed by atoms with Gasteiger partial charge in [0.2, 0.25) is 0 Å². The van der Waals surface area contributed by atoms with Crippen LogP contribution in [0.15, 0.2) is 54.6 Å². The summed E-state index contributed by atoms with van der Waals surface area (Å²) in [6.07, 6.45) is 0. The molecular formula is C29H31N7O6. The largest absolute Gasteiger partial charge is 0.355 e. The molecule has 0 aliphatic rings. The monoisotopic (exact) mass is 573 g/mol. The molecular weight excluding hydrogens is 542 g/mol. The van der Waals surface area contributed by atoms with E-state index in [1.54, 1.807) is 24.3 Å². The summed E-state index contributed by atoms with van der Waals surface area (Å²) in [6, 6.07) is 13.5. The van der Waals surface area contributed by atoms with E-state index in [2.05, 4.69) is 36.9 Å². The van der Waals surface area contributed by atoms with Gasteiger partial charge in [0.05, 0.1) is 0 Å². The summed E-state index contributed by atoms with van der Waals surface area (Å²) in [4.78, 5) is 78.4. The molecule has 0 atom stereocenters. The molecule has 13 heteroatoms. The van der Waals surface area contributed by atoms with Crippen LogP contribution in [0.25, 0.3) is 0 Å². The zero-order valence-electron chi connectivity index (χ0n) is 23.5. The predicted molar refractivity (Wildman–Crippen MR) is 153 cm³/mol. The van der Waals surface area contributed by atoms with Crippen molar-refractivity contribution in [3.05, 3.63) is 99.4 Å². The fourth-order valence-electron chi connectivity index (χ4n) is 3.92. The van der Waals surface area contributed by atoms with E-state index in [0.717, 1.165) is 0 Å². The minimum atomic E-state index is -0.579. The highest BCUT2D eigenvalue weighted by Gasteiger charge is 2.16. The van der Waals surface area contributed by atoms with E-state index in [0.29, 0.717) is 11.1 Å². The summed E-state index contributed by atoms with van der Waals surface area (Å²) in [5.41, 5.74) is 1.97. The van der Waals surface area contributed by atoms with Gasteiger partial charge in [-0.05, 0) is 59.7 Å². The Bertz CT molecular complexity index is 1370. The molecule has 0 unspecified atom stereocenters. The van der Waals surface area contributed by atoms with Crippen molar-refractivity contribution in [3.8, 4) is 0 Å². The van der Waals surface area contributed by atoms with Crippen molar-refractivity contribution in [2.24, 2.45) is 0 Å². The smallest absolute Gasteiger partial charge is 0.270 e. The first-order valence-corrected chi connectivity index (χ1v) is 12.8. The Kier molecular flexibility index (Phi) is 10.4. The molecule has 0 bridgehead atoms. The van der Waals surface area contributed by atoms with Crippen LogP contribution in [0.4, 0.5) is 0 Å². The van der Waals surface area contributed by atoms with Crippen LogP contribution in [0.2, 0.25) is 0 Å². The summed E-state index contributed by atoms with van der Waals surface area (Å²) in [7, 11) is 5.87. The Morgan fingerprint density at radius 3 is 1.10 bits per heavy atom. The van der Waals surface area contributed by atoms with Gasteiger partial charge in [0.15, 0.2) is 0 Å². The van der Waals surface area contributed by atoms with E-state index in [9.17, 15) is 28.8 Å². The third-order valence-electron chi connectivity index (χ3n) is 6.06. The fourth-order valence-corrected chi connectivity index (χ4v) is 3.92. The molecule has 1 heterocycles. The van der Waals surface area contributed by atoms with Gasteiger partial charge in [0.25, 0.3) is 35.4 Å². The normalized spacial score (nSPS) is 10.2. The minimum Gasteiger partial charge on any atom is -0.355 e. The SMILES string of the molecule is CNC(=O)c1cc(CNC(=O)c2cccc(C(=O)NCc3cc(C(=O)NC)cc(C(=O)NC)c3)n2)cc(C(=O)NC)c1. The standard InChI is InChI=1S/C29H31N7O6/c1-30-24(37)18-8-16(9-19(12-18)25(38)31-2)14-34-28(41)22-6-5-7-23(36-22)29(42)35-15-17-10-20(26(39)32-3)13-21(11-17)27(40)33-4/h5-13H,14-15H2,1-4H3,(H,30,37)(H,31,38)(H,32,39)(H,33,40)(H,34,41)(H,35,42). The summed E-state index contributed by atoms with van der Waals surface area (Å²) in [5.74, 6) is -2.72. The molecule has 6 amide bonds. The van der Waals surface area contributed by atoms with E-state index >= 15 is 0 Å². The van der Waals surface area contributed by atoms with Gasteiger partial charge >= 0.3 is 0 Å². The molecule has 0 fully saturated rings. The van der Waals surface area contributed by atoms with Crippen LogP contribution in [0.1, 0.15) is 73.5 Å². The molecule has 0 aliphatic heterocycles.